The lowest BCUT2D eigenvalue weighted by Gasteiger charge is -2.14. The molecule has 0 saturated heterocycles. The van der Waals surface area contributed by atoms with E-state index in [4.69, 9.17) is 15.6 Å². The summed E-state index contributed by atoms with van der Waals surface area (Å²) in [5.74, 6) is -0.248. The van der Waals surface area contributed by atoms with Gasteiger partial charge < -0.3 is 20.7 Å². The quantitative estimate of drug-likeness (QED) is 0.516. The number of hydrogen-bond donors (Lipinski definition) is 3. The molecule has 0 amide bonds. The Kier molecular flexibility index (Phi) is 4.24. The van der Waals surface area contributed by atoms with Gasteiger partial charge >= 0.3 is 0 Å². The second kappa shape index (κ2) is 5.46. The van der Waals surface area contributed by atoms with Crippen LogP contribution in [0.3, 0.4) is 0 Å². The molecule has 0 aliphatic carbocycles. The van der Waals surface area contributed by atoms with Crippen molar-refractivity contribution in [1.82, 2.24) is 0 Å². The molecule has 1 aromatic carbocycles. The number of nitro benzene ring substituents is 1. The number of nitrogens with zero attached hydrogens (tertiary/aromatic N) is 1. The van der Waals surface area contributed by atoms with E-state index < -0.39 is 11.0 Å². The lowest BCUT2D eigenvalue weighted by atomic mass is 10.0. The molecule has 0 aliphatic rings. The molecular weight excluding hydrogens is 228 g/mol. The summed E-state index contributed by atoms with van der Waals surface area (Å²) in [5, 5.41) is 29.2. The Labute approximate surface area is 97.6 Å². The lowest BCUT2D eigenvalue weighted by molar-refractivity contribution is -0.385. The number of aliphatic hydroxyl groups excluding tert-OH is 1. The Hall–Kier alpha value is -1.86. The van der Waals surface area contributed by atoms with Crippen molar-refractivity contribution in [3.63, 3.8) is 0 Å². The van der Waals surface area contributed by atoms with Crippen molar-refractivity contribution in [2.75, 3.05) is 13.7 Å². The van der Waals surface area contributed by atoms with Crippen molar-refractivity contribution in [3.05, 3.63) is 27.8 Å². The van der Waals surface area contributed by atoms with E-state index >= 15 is 0 Å². The van der Waals surface area contributed by atoms with Crippen LogP contribution >= 0.6 is 0 Å². The fourth-order valence-electron chi connectivity index (χ4n) is 1.45. The molecule has 0 saturated carbocycles. The average Bonchev–Trinajstić information content (AvgIpc) is 2.29. The summed E-state index contributed by atoms with van der Waals surface area (Å²) >= 11 is 0. The highest BCUT2D eigenvalue weighted by Gasteiger charge is 2.20. The molecule has 0 aliphatic heterocycles. The van der Waals surface area contributed by atoms with Gasteiger partial charge in [0.15, 0.2) is 11.5 Å². The fourth-order valence-corrected chi connectivity index (χ4v) is 1.45. The molecule has 1 aromatic rings. The van der Waals surface area contributed by atoms with Crippen molar-refractivity contribution in [2.45, 2.75) is 12.5 Å². The number of nitrogens with two attached hydrogens (primary N) is 1. The largest absolute Gasteiger partial charge is 0.504 e. The number of ether oxygens (including phenoxy) is 1. The summed E-state index contributed by atoms with van der Waals surface area (Å²) in [6.07, 6.45) is 0.192. The number of nitro groups is 1. The molecule has 0 aromatic heterocycles. The topological polar surface area (TPSA) is 119 Å². The second-order valence-electron chi connectivity index (χ2n) is 3.46. The van der Waals surface area contributed by atoms with Crippen molar-refractivity contribution < 1.29 is 19.9 Å². The highest BCUT2D eigenvalue weighted by atomic mass is 16.6. The smallest absolute Gasteiger partial charge is 0.273 e. The van der Waals surface area contributed by atoms with E-state index in [1.165, 1.54) is 13.2 Å². The molecular formula is C10H14N2O5. The molecule has 0 fully saturated rings. The summed E-state index contributed by atoms with van der Waals surface area (Å²) in [5.41, 5.74) is 5.67. The van der Waals surface area contributed by atoms with Crippen molar-refractivity contribution >= 4 is 5.69 Å². The number of phenols is 1. The van der Waals surface area contributed by atoms with Gasteiger partial charge in [0.1, 0.15) is 0 Å². The van der Waals surface area contributed by atoms with Crippen LogP contribution in [0.15, 0.2) is 12.1 Å². The third-order valence-corrected chi connectivity index (χ3v) is 2.36. The van der Waals surface area contributed by atoms with Crippen molar-refractivity contribution in [1.29, 1.82) is 0 Å². The third-order valence-electron chi connectivity index (χ3n) is 2.36. The van der Waals surface area contributed by atoms with E-state index in [2.05, 4.69) is 0 Å². The van der Waals surface area contributed by atoms with E-state index in [-0.39, 0.29) is 35.8 Å². The number of methoxy groups -OCH3 is 1. The minimum absolute atomic E-state index is 0.0115. The minimum Gasteiger partial charge on any atom is -0.504 e. The van der Waals surface area contributed by atoms with E-state index in [9.17, 15) is 15.2 Å². The minimum atomic E-state index is -0.686. The van der Waals surface area contributed by atoms with Gasteiger partial charge in [-0.1, -0.05) is 0 Å². The Morgan fingerprint density at radius 3 is 2.71 bits per heavy atom. The van der Waals surface area contributed by atoms with Crippen LogP contribution < -0.4 is 10.5 Å². The lowest BCUT2D eigenvalue weighted by Crippen LogP contribution is -2.12. The van der Waals surface area contributed by atoms with Crippen LogP contribution in [0.5, 0.6) is 11.5 Å². The molecule has 0 heterocycles. The van der Waals surface area contributed by atoms with Crippen molar-refractivity contribution in [2.24, 2.45) is 5.73 Å². The maximum Gasteiger partial charge on any atom is 0.273 e. The molecule has 0 spiro atoms. The van der Waals surface area contributed by atoms with Gasteiger partial charge in [-0.15, -0.1) is 0 Å². The molecule has 0 bridgehead atoms. The van der Waals surface area contributed by atoms with E-state index in [0.717, 1.165) is 6.07 Å². The van der Waals surface area contributed by atoms with Crippen LogP contribution in [0.25, 0.3) is 0 Å². The normalized spacial score (nSPS) is 12.2. The number of aromatic hydroxyl groups is 1. The number of hydrogen-bond acceptors (Lipinski definition) is 6. The van der Waals surface area contributed by atoms with E-state index in [0.29, 0.717) is 0 Å². The van der Waals surface area contributed by atoms with Crippen LogP contribution in [-0.2, 0) is 0 Å². The van der Waals surface area contributed by atoms with Gasteiger partial charge in [-0.3, -0.25) is 10.1 Å². The first-order valence-electron chi connectivity index (χ1n) is 4.93. The Bertz CT molecular complexity index is 421. The highest BCUT2D eigenvalue weighted by molar-refractivity contribution is 5.54. The van der Waals surface area contributed by atoms with Gasteiger partial charge in [-0.2, -0.15) is 0 Å². The zero-order chi connectivity index (χ0) is 13.0. The number of phenolic OH excluding ortho intramolecular Hbond substituents is 1. The molecule has 0 radical (unpaired) electrons. The molecule has 1 atom stereocenters. The van der Waals surface area contributed by atoms with Crippen LogP contribution in [0, 0.1) is 10.1 Å². The number of rotatable bonds is 5. The maximum atomic E-state index is 10.7. The van der Waals surface area contributed by atoms with Gasteiger partial charge in [-0.25, -0.2) is 0 Å². The van der Waals surface area contributed by atoms with Gasteiger partial charge in [0.25, 0.3) is 5.69 Å². The Balaban J connectivity index is 3.27. The van der Waals surface area contributed by atoms with Gasteiger partial charge in [0, 0.05) is 24.3 Å². The first-order valence-corrected chi connectivity index (χ1v) is 4.93. The van der Waals surface area contributed by atoms with Crippen LogP contribution in [0.2, 0.25) is 0 Å². The number of benzene rings is 1. The molecule has 7 heteroatoms. The van der Waals surface area contributed by atoms with Crippen LogP contribution in [0.4, 0.5) is 5.69 Å². The molecule has 0 unspecified atom stereocenters. The van der Waals surface area contributed by atoms with Gasteiger partial charge in [0.05, 0.1) is 18.1 Å². The molecule has 94 valence electrons. The zero-order valence-corrected chi connectivity index (χ0v) is 9.29. The fraction of sp³-hybridized carbons (Fsp3) is 0.400. The predicted molar refractivity (Wildman–Crippen MR) is 59.9 cm³/mol. The van der Waals surface area contributed by atoms with Gasteiger partial charge in [-0.05, 0) is 6.42 Å². The molecule has 1 rings (SSSR count). The SMILES string of the molecule is COc1cc([N+](=O)[O-])cc([C@H](N)CCO)c1O. The summed E-state index contributed by atoms with van der Waals surface area (Å²) in [6.45, 7) is -0.175. The zero-order valence-electron chi connectivity index (χ0n) is 9.29. The van der Waals surface area contributed by atoms with Crippen LogP contribution in [-0.4, -0.2) is 28.9 Å². The Morgan fingerprint density at radius 2 is 2.24 bits per heavy atom. The summed E-state index contributed by atoms with van der Waals surface area (Å²) in [7, 11) is 1.29. The standard InChI is InChI=1S/C10H14N2O5/c1-17-9-5-6(12(15)16)4-7(10(9)14)8(11)2-3-13/h4-5,8,13-14H,2-3,11H2,1H3/t8-/m1/s1. The molecule has 4 N–H and O–H groups in total. The maximum absolute atomic E-state index is 10.7. The van der Waals surface area contributed by atoms with E-state index in [1.54, 1.807) is 0 Å². The molecule has 17 heavy (non-hydrogen) atoms. The molecule has 7 nitrogen and oxygen atoms in total. The van der Waals surface area contributed by atoms with Gasteiger partial charge in [0.2, 0.25) is 0 Å². The summed E-state index contributed by atoms with van der Waals surface area (Å²) in [6, 6.07) is 1.61. The summed E-state index contributed by atoms with van der Waals surface area (Å²) in [4.78, 5) is 10.1. The first kappa shape index (κ1) is 13.2. The summed E-state index contributed by atoms with van der Waals surface area (Å²) < 4.78 is 4.83. The predicted octanol–water partition coefficient (Wildman–Crippen LogP) is 0.691. The first-order chi connectivity index (χ1) is 8.01. The van der Waals surface area contributed by atoms with E-state index in [1.807, 2.05) is 0 Å². The number of aliphatic hydroxyl groups is 1. The van der Waals surface area contributed by atoms with Crippen molar-refractivity contribution in [3.8, 4) is 11.5 Å². The monoisotopic (exact) mass is 242 g/mol. The highest BCUT2D eigenvalue weighted by Crippen LogP contribution is 2.37. The average molecular weight is 242 g/mol. The number of non-ortho nitro benzene ring substituents is 1. The third kappa shape index (κ3) is 2.83. The van der Waals surface area contributed by atoms with Crippen LogP contribution in [0.1, 0.15) is 18.0 Å². The second-order valence-corrected chi connectivity index (χ2v) is 3.46. The Morgan fingerprint density at radius 1 is 1.59 bits per heavy atom.